The Hall–Kier alpha value is -9.53. The number of nitrogens with one attached hydrogen (secondary N) is 6. The minimum atomic E-state index is -0.718. The van der Waals surface area contributed by atoms with Gasteiger partial charge in [0.2, 0.25) is 0 Å². The number of nitrogens with zero attached hydrogens (tertiary/aromatic N) is 7. The highest BCUT2D eigenvalue weighted by Gasteiger charge is 2.18. The molecular formula is C41H31N15O6. The fraction of sp³-hybridized carbons (Fsp3) is 0. The molecule has 7 rings (SSSR count). The summed E-state index contributed by atoms with van der Waals surface area (Å²) >= 11 is 0. The number of nitrogens with two attached hydrogens (primary N) is 2. The molecule has 0 bridgehead atoms. The smallest absolute Gasteiger partial charge is 0.275 e. The number of pyridine rings is 7. The predicted octanol–water partition coefficient (Wildman–Crippen LogP) is 4.13. The van der Waals surface area contributed by atoms with E-state index in [9.17, 15) is 28.8 Å². The first-order chi connectivity index (χ1) is 29.9. The fourth-order valence-electron chi connectivity index (χ4n) is 5.34. The summed E-state index contributed by atoms with van der Waals surface area (Å²) in [7, 11) is 0. The van der Waals surface area contributed by atoms with Crippen LogP contribution in [0.25, 0.3) is 0 Å². The van der Waals surface area contributed by atoms with E-state index in [1.807, 2.05) is 0 Å². The van der Waals surface area contributed by atoms with E-state index in [1.165, 1.54) is 91.0 Å². The Labute approximate surface area is 349 Å². The largest absolute Gasteiger partial charge is 0.384 e. The highest BCUT2D eigenvalue weighted by Crippen LogP contribution is 2.16. The van der Waals surface area contributed by atoms with Crippen LogP contribution in [-0.2, 0) is 0 Å². The molecule has 10 N–H and O–H groups in total. The molecule has 7 aromatic heterocycles. The number of nitrogen functional groups attached to an aromatic ring is 2. The third kappa shape index (κ3) is 10.5. The van der Waals surface area contributed by atoms with Crippen LogP contribution in [-0.4, -0.2) is 70.3 Å². The molecule has 7 aromatic rings. The summed E-state index contributed by atoms with van der Waals surface area (Å²) < 4.78 is 0. The van der Waals surface area contributed by atoms with Crippen molar-refractivity contribution in [2.24, 2.45) is 0 Å². The van der Waals surface area contributed by atoms with Crippen molar-refractivity contribution in [3.8, 4) is 0 Å². The molecule has 0 atom stereocenters. The van der Waals surface area contributed by atoms with E-state index in [1.54, 1.807) is 36.4 Å². The van der Waals surface area contributed by atoms with Gasteiger partial charge in [-0.25, -0.2) is 34.9 Å². The quantitative estimate of drug-likeness (QED) is 0.0858. The van der Waals surface area contributed by atoms with Crippen LogP contribution in [0.15, 0.2) is 127 Å². The molecule has 21 heteroatoms. The summed E-state index contributed by atoms with van der Waals surface area (Å²) in [5.74, 6) is -2.98. The molecule has 0 fully saturated rings. The molecule has 0 saturated carbocycles. The highest BCUT2D eigenvalue weighted by atomic mass is 16.2. The highest BCUT2D eigenvalue weighted by molar-refractivity contribution is 6.08. The topological polar surface area (TPSA) is 317 Å². The SMILES string of the molecule is Nc1cccc(NC(=O)c2cccc(C(=O)Nc3cccc(NC(=O)c4cccc(C(=O)Nc5cccc(NC(=O)c6cccc(C(=O)Nc7cccc(N)n7)n6)n5)n4)n3)n2)n1. The van der Waals surface area contributed by atoms with E-state index in [0.29, 0.717) is 0 Å². The van der Waals surface area contributed by atoms with Crippen LogP contribution >= 0.6 is 0 Å². The minimum absolute atomic E-state index is 0.0449. The van der Waals surface area contributed by atoms with Crippen LogP contribution in [0.3, 0.4) is 0 Å². The average molecular weight is 830 g/mol. The van der Waals surface area contributed by atoms with E-state index in [-0.39, 0.29) is 80.7 Å². The van der Waals surface area contributed by atoms with E-state index in [0.717, 1.165) is 0 Å². The average Bonchev–Trinajstić information content (AvgIpc) is 3.26. The second-order valence-corrected chi connectivity index (χ2v) is 12.7. The number of anilines is 8. The molecule has 0 aliphatic heterocycles. The van der Waals surface area contributed by atoms with Crippen LogP contribution in [0.2, 0.25) is 0 Å². The summed E-state index contributed by atoms with van der Waals surface area (Å²) in [6.07, 6.45) is 0. The van der Waals surface area contributed by atoms with Gasteiger partial charge in [-0.1, -0.05) is 42.5 Å². The van der Waals surface area contributed by atoms with Crippen LogP contribution in [0.5, 0.6) is 0 Å². The number of aromatic nitrogens is 7. The number of hydrogen-bond acceptors (Lipinski definition) is 15. The summed E-state index contributed by atoms with van der Waals surface area (Å²) in [5.41, 5.74) is 10.8. The first-order valence-corrected chi connectivity index (χ1v) is 18.1. The van der Waals surface area contributed by atoms with Crippen molar-refractivity contribution in [3.05, 3.63) is 162 Å². The monoisotopic (exact) mass is 829 g/mol. The molecule has 21 nitrogen and oxygen atoms in total. The van der Waals surface area contributed by atoms with Crippen LogP contribution in [0, 0.1) is 0 Å². The maximum Gasteiger partial charge on any atom is 0.275 e. The molecule has 0 radical (unpaired) electrons. The van der Waals surface area contributed by atoms with Crippen LogP contribution < -0.4 is 43.4 Å². The lowest BCUT2D eigenvalue weighted by Crippen LogP contribution is -2.21. The Morgan fingerprint density at radius 3 is 0.694 bits per heavy atom. The van der Waals surface area contributed by atoms with Gasteiger partial charge in [0.05, 0.1) is 0 Å². The summed E-state index contributed by atoms with van der Waals surface area (Å²) in [6, 6.07) is 31.3. The third-order valence-electron chi connectivity index (χ3n) is 8.13. The van der Waals surface area contributed by atoms with Gasteiger partial charge in [0.25, 0.3) is 35.4 Å². The van der Waals surface area contributed by atoms with E-state index >= 15 is 0 Å². The van der Waals surface area contributed by atoms with Crippen molar-refractivity contribution in [2.75, 3.05) is 43.4 Å². The molecule has 0 unspecified atom stereocenters. The number of carbonyl (C=O) groups excluding carboxylic acids is 6. The van der Waals surface area contributed by atoms with E-state index in [4.69, 9.17) is 11.5 Å². The predicted molar refractivity (Wildman–Crippen MR) is 226 cm³/mol. The molecule has 7 heterocycles. The normalized spacial score (nSPS) is 10.5. The van der Waals surface area contributed by atoms with Crippen molar-refractivity contribution in [1.29, 1.82) is 0 Å². The van der Waals surface area contributed by atoms with Gasteiger partial charge in [0.1, 0.15) is 80.7 Å². The molecule has 306 valence electrons. The molecule has 0 aliphatic carbocycles. The van der Waals surface area contributed by atoms with Gasteiger partial charge in [0.15, 0.2) is 0 Å². The molecule has 0 spiro atoms. The van der Waals surface area contributed by atoms with Crippen LogP contribution in [0.1, 0.15) is 62.9 Å². The van der Waals surface area contributed by atoms with Crippen LogP contribution in [0.4, 0.5) is 46.5 Å². The van der Waals surface area contributed by atoms with Crippen molar-refractivity contribution in [2.45, 2.75) is 0 Å². The maximum absolute atomic E-state index is 13.2. The minimum Gasteiger partial charge on any atom is -0.384 e. The molecule has 62 heavy (non-hydrogen) atoms. The van der Waals surface area contributed by atoms with Crippen molar-refractivity contribution in [1.82, 2.24) is 34.9 Å². The van der Waals surface area contributed by atoms with Gasteiger partial charge in [-0.2, -0.15) is 0 Å². The van der Waals surface area contributed by atoms with Gasteiger partial charge in [-0.05, 0) is 84.9 Å². The molecule has 0 aliphatic rings. The Morgan fingerprint density at radius 2 is 0.468 bits per heavy atom. The zero-order valence-electron chi connectivity index (χ0n) is 31.9. The Balaban J connectivity index is 0.940. The summed E-state index contributed by atoms with van der Waals surface area (Å²) in [4.78, 5) is 107. The first-order valence-electron chi connectivity index (χ1n) is 18.1. The van der Waals surface area contributed by atoms with Crippen molar-refractivity contribution >= 4 is 82.0 Å². The second-order valence-electron chi connectivity index (χ2n) is 12.7. The van der Waals surface area contributed by atoms with Gasteiger partial charge < -0.3 is 43.4 Å². The molecule has 0 aromatic carbocycles. The van der Waals surface area contributed by atoms with Crippen molar-refractivity contribution < 1.29 is 28.8 Å². The van der Waals surface area contributed by atoms with Gasteiger partial charge in [0, 0.05) is 0 Å². The maximum atomic E-state index is 13.2. The van der Waals surface area contributed by atoms with Gasteiger partial charge in [-0.15, -0.1) is 0 Å². The Bertz CT molecular complexity index is 2700. The second kappa shape index (κ2) is 18.4. The van der Waals surface area contributed by atoms with E-state index < -0.39 is 35.4 Å². The lowest BCUT2D eigenvalue weighted by molar-refractivity contribution is 0.0998. The Kier molecular flexibility index (Phi) is 12.0. The molecular weight excluding hydrogens is 799 g/mol. The number of hydrogen-bond donors (Lipinski definition) is 8. The van der Waals surface area contributed by atoms with E-state index in [2.05, 4.69) is 66.8 Å². The standard InChI is InChI=1S/C41H31N15O6/c42-28-14-4-16-30(47-28)51-36(57)22-8-1-10-24(44-22)38(59)53-32-18-6-20-34(49-32)55-40(61)26-12-3-13-27(46-26)41(62)56-35-21-7-19-33(50-35)54-39(60)25-11-2-9-23(45-25)37(58)52-31-17-5-15-29(43)48-31/h1-21H,(H3,42,47,51,57)(H3,43,48,52,58)(H2,49,53,55,59,61)(H2,50,54,56,60,62). The molecule has 6 amide bonds. The van der Waals surface area contributed by atoms with Gasteiger partial charge in [-0.3, -0.25) is 28.8 Å². The summed E-state index contributed by atoms with van der Waals surface area (Å²) in [5, 5.41) is 15.4. The third-order valence-corrected chi connectivity index (χ3v) is 8.13. The Morgan fingerprint density at radius 1 is 0.274 bits per heavy atom. The molecule has 0 saturated heterocycles. The first kappa shape index (κ1) is 40.7. The number of carbonyl (C=O) groups is 6. The summed E-state index contributed by atoms with van der Waals surface area (Å²) in [6.45, 7) is 0. The zero-order valence-corrected chi connectivity index (χ0v) is 31.9. The number of rotatable bonds is 12. The van der Waals surface area contributed by atoms with Crippen molar-refractivity contribution in [3.63, 3.8) is 0 Å². The lowest BCUT2D eigenvalue weighted by atomic mass is 10.2. The lowest BCUT2D eigenvalue weighted by Gasteiger charge is -2.10. The zero-order chi connectivity index (χ0) is 43.6. The number of amides is 6. The fourth-order valence-corrected chi connectivity index (χ4v) is 5.34. The van der Waals surface area contributed by atoms with Gasteiger partial charge >= 0.3 is 0 Å².